The smallest absolute Gasteiger partial charge is 0.255 e. The van der Waals surface area contributed by atoms with Gasteiger partial charge >= 0.3 is 0 Å². The lowest BCUT2D eigenvalue weighted by Crippen LogP contribution is -2.37. The van der Waals surface area contributed by atoms with Gasteiger partial charge in [-0.3, -0.25) is 4.79 Å². The van der Waals surface area contributed by atoms with Crippen molar-refractivity contribution in [2.75, 3.05) is 11.9 Å². The Hall–Kier alpha value is -1.65. The van der Waals surface area contributed by atoms with Gasteiger partial charge in [-0.1, -0.05) is 6.92 Å². The molecule has 0 bridgehead atoms. The summed E-state index contributed by atoms with van der Waals surface area (Å²) in [5.74, 6) is 0.438. The first kappa shape index (κ1) is 14.8. The number of amides is 1. The molecule has 20 heavy (non-hydrogen) atoms. The van der Waals surface area contributed by atoms with Crippen LogP contribution >= 0.6 is 0 Å². The molecule has 0 aliphatic heterocycles. The number of carbonyl (C=O) groups excluding carboxylic acids is 1. The fraction of sp³-hybridized carbons (Fsp3) is 0.600. The van der Waals surface area contributed by atoms with E-state index >= 15 is 0 Å². The molecule has 0 unspecified atom stereocenters. The lowest BCUT2D eigenvalue weighted by molar-refractivity contribution is 0.0923. The number of nitrogens with one attached hydrogen (secondary N) is 2. The standard InChI is InChI=1S/C15H22FN3O/c1-3-17-14-13(8-11(16)9-18-14)15(20)19-12-6-4-10(2)5-7-12/h8-10,12H,3-7H2,1-2H3,(H,17,18)(H,19,20). The second-order valence-corrected chi connectivity index (χ2v) is 5.51. The quantitative estimate of drug-likeness (QED) is 0.891. The number of nitrogens with zero attached hydrogens (tertiary/aromatic N) is 1. The minimum atomic E-state index is -0.492. The van der Waals surface area contributed by atoms with E-state index in [1.165, 1.54) is 6.07 Å². The van der Waals surface area contributed by atoms with Gasteiger partial charge in [-0.05, 0) is 44.6 Å². The van der Waals surface area contributed by atoms with Gasteiger partial charge in [0.15, 0.2) is 0 Å². The normalized spacial score (nSPS) is 22.4. The van der Waals surface area contributed by atoms with Gasteiger partial charge in [0, 0.05) is 12.6 Å². The average Bonchev–Trinajstić information content (AvgIpc) is 2.43. The van der Waals surface area contributed by atoms with E-state index in [1.54, 1.807) is 0 Å². The zero-order valence-corrected chi connectivity index (χ0v) is 12.1. The zero-order chi connectivity index (χ0) is 14.5. The molecule has 0 spiro atoms. The van der Waals surface area contributed by atoms with Crippen molar-refractivity contribution in [1.29, 1.82) is 0 Å². The number of pyridine rings is 1. The zero-order valence-electron chi connectivity index (χ0n) is 12.1. The summed E-state index contributed by atoms with van der Waals surface area (Å²) in [6, 6.07) is 1.43. The molecule has 2 N–H and O–H groups in total. The predicted octanol–water partition coefficient (Wildman–Crippen LogP) is 2.96. The van der Waals surface area contributed by atoms with Gasteiger partial charge < -0.3 is 10.6 Å². The highest BCUT2D eigenvalue weighted by atomic mass is 19.1. The van der Waals surface area contributed by atoms with E-state index in [2.05, 4.69) is 22.5 Å². The Morgan fingerprint density at radius 1 is 1.40 bits per heavy atom. The number of anilines is 1. The van der Waals surface area contributed by atoms with E-state index in [1.807, 2.05) is 6.92 Å². The summed E-state index contributed by atoms with van der Waals surface area (Å²) in [5.41, 5.74) is 0.283. The van der Waals surface area contributed by atoms with E-state index in [0.717, 1.165) is 37.8 Å². The SMILES string of the molecule is CCNc1ncc(F)cc1C(=O)NC1CCC(C)CC1. The molecule has 1 fully saturated rings. The molecule has 110 valence electrons. The monoisotopic (exact) mass is 279 g/mol. The summed E-state index contributed by atoms with van der Waals surface area (Å²) < 4.78 is 13.3. The van der Waals surface area contributed by atoms with Crippen LogP contribution in [0.1, 0.15) is 49.9 Å². The van der Waals surface area contributed by atoms with E-state index in [0.29, 0.717) is 12.4 Å². The fourth-order valence-corrected chi connectivity index (χ4v) is 2.59. The van der Waals surface area contributed by atoms with Crippen molar-refractivity contribution in [3.05, 3.63) is 23.6 Å². The van der Waals surface area contributed by atoms with Crippen LogP contribution in [0.15, 0.2) is 12.3 Å². The summed E-state index contributed by atoms with van der Waals surface area (Å²) >= 11 is 0. The minimum Gasteiger partial charge on any atom is -0.370 e. The highest BCUT2D eigenvalue weighted by Gasteiger charge is 2.22. The van der Waals surface area contributed by atoms with Gasteiger partial charge in [0.1, 0.15) is 11.6 Å². The van der Waals surface area contributed by atoms with Gasteiger partial charge in [-0.25, -0.2) is 9.37 Å². The molecule has 0 aromatic carbocycles. The second-order valence-electron chi connectivity index (χ2n) is 5.51. The summed E-state index contributed by atoms with van der Waals surface area (Å²) in [7, 11) is 0. The molecule has 1 aromatic rings. The van der Waals surface area contributed by atoms with Crippen molar-refractivity contribution in [2.24, 2.45) is 5.92 Å². The van der Waals surface area contributed by atoms with Crippen LogP contribution < -0.4 is 10.6 Å². The molecule has 5 heteroatoms. The van der Waals surface area contributed by atoms with Gasteiger partial charge in [-0.2, -0.15) is 0 Å². The third-order valence-electron chi connectivity index (χ3n) is 3.79. The lowest BCUT2D eigenvalue weighted by Gasteiger charge is -2.27. The number of carbonyl (C=O) groups is 1. The number of halogens is 1. The summed E-state index contributed by atoms with van der Waals surface area (Å²) in [6.45, 7) is 4.78. The molecule has 4 nitrogen and oxygen atoms in total. The minimum absolute atomic E-state index is 0.191. The van der Waals surface area contributed by atoms with Crippen LogP contribution in [0, 0.1) is 11.7 Å². The Balaban J connectivity index is 2.06. The van der Waals surface area contributed by atoms with Crippen molar-refractivity contribution in [3.63, 3.8) is 0 Å². The van der Waals surface area contributed by atoms with Crippen LogP contribution in [-0.2, 0) is 0 Å². The van der Waals surface area contributed by atoms with Crippen molar-refractivity contribution in [3.8, 4) is 0 Å². The summed E-state index contributed by atoms with van der Waals surface area (Å²) in [5, 5.41) is 5.99. The van der Waals surface area contributed by atoms with Crippen LogP contribution in [0.4, 0.5) is 10.2 Å². The third kappa shape index (κ3) is 3.68. The molecule has 1 aliphatic carbocycles. The highest BCUT2D eigenvalue weighted by Crippen LogP contribution is 2.24. The van der Waals surface area contributed by atoms with Gasteiger partial charge in [0.05, 0.1) is 11.8 Å². The van der Waals surface area contributed by atoms with E-state index < -0.39 is 5.82 Å². The van der Waals surface area contributed by atoms with Gasteiger partial charge in [0.25, 0.3) is 5.91 Å². The highest BCUT2D eigenvalue weighted by molar-refractivity contribution is 5.98. The van der Waals surface area contributed by atoms with Crippen LogP contribution in [0.25, 0.3) is 0 Å². The average molecular weight is 279 g/mol. The van der Waals surface area contributed by atoms with E-state index in [4.69, 9.17) is 0 Å². The molecule has 0 atom stereocenters. The van der Waals surface area contributed by atoms with Gasteiger partial charge in [-0.15, -0.1) is 0 Å². The van der Waals surface area contributed by atoms with Crippen LogP contribution in [0.3, 0.4) is 0 Å². The van der Waals surface area contributed by atoms with Crippen molar-refractivity contribution < 1.29 is 9.18 Å². The van der Waals surface area contributed by atoms with Gasteiger partial charge in [0.2, 0.25) is 0 Å². The largest absolute Gasteiger partial charge is 0.370 e. The lowest BCUT2D eigenvalue weighted by atomic mass is 9.87. The maximum atomic E-state index is 13.3. The molecule has 1 amide bonds. The number of hydrogen-bond donors (Lipinski definition) is 2. The predicted molar refractivity (Wildman–Crippen MR) is 77.2 cm³/mol. The van der Waals surface area contributed by atoms with Crippen LogP contribution in [-0.4, -0.2) is 23.5 Å². The molecule has 1 aromatic heterocycles. The van der Waals surface area contributed by atoms with E-state index in [9.17, 15) is 9.18 Å². The molecule has 2 rings (SSSR count). The topological polar surface area (TPSA) is 54.0 Å². The number of aromatic nitrogens is 1. The Bertz CT molecular complexity index is 470. The molecular formula is C15H22FN3O. The first-order valence-electron chi connectivity index (χ1n) is 7.30. The first-order valence-corrected chi connectivity index (χ1v) is 7.30. The molecule has 0 saturated heterocycles. The van der Waals surface area contributed by atoms with Crippen LogP contribution in [0.2, 0.25) is 0 Å². The van der Waals surface area contributed by atoms with E-state index in [-0.39, 0.29) is 17.5 Å². The first-order chi connectivity index (χ1) is 9.60. The Kier molecular flexibility index (Phi) is 4.93. The van der Waals surface area contributed by atoms with Crippen molar-refractivity contribution >= 4 is 11.7 Å². The second kappa shape index (κ2) is 6.68. The number of rotatable bonds is 4. The fourth-order valence-electron chi connectivity index (χ4n) is 2.59. The maximum Gasteiger partial charge on any atom is 0.255 e. The van der Waals surface area contributed by atoms with Crippen molar-refractivity contribution in [1.82, 2.24) is 10.3 Å². The molecule has 0 radical (unpaired) electrons. The summed E-state index contributed by atoms with van der Waals surface area (Å²) in [4.78, 5) is 16.2. The Labute approximate surface area is 119 Å². The number of hydrogen-bond acceptors (Lipinski definition) is 3. The molecular weight excluding hydrogens is 257 g/mol. The maximum absolute atomic E-state index is 13.3. The molecule has 1 saturated carbocycles. The Morgan fingerprint density at radius 3 is 2.75 bits per heavy atom. The molecule has 1 aliphatic rings. The summed E-state index contributed by atoms with van der Waals surface area (Å²) in [6.07, 6.45) is 5.37. The molecule has 1 heterocycles. The van der Waals surface area contributed by atoms with Crippen LogP contribution in [0.5, 0.6) is 0 Å². The van der Waals surface area contributed by atoms with Crippen molar-refractivity contribution in [2.45, 2.75) is 45.6 Å². The Morgan fingerprint density at radius 2 is 2.10 bits per heavy atom. The third-order valence-corrected chi connectivity index (χ3v) is 3.79.